The highest BCUT2D eigenvalue weighted by Crippen LogP contribution is 2.30. The second-order valence-corrected chi connectivity index (χ2v) is 7.92. The fraction of sp³-hybridized carbons (Fsp3) is 0.435. The summed E-state index contributed by atoms with van der Waals surface area (Å²) in [5.41, 5.74) is 7.91. The number of benzene rings is 1. The van der Waals surface area contributed by atoms with E-state index in [1.807, 2.05) is 25.6 Å². The van der Waals surface area contributed by atoms with Crippen LogP contribution in [0.25, 0.3) is 11.0 Å². The molecule has 1 aliphatic carbocycles. The van der Waals surface area contributed by atoms with E-state index in [2.05, 4.69) is 41.6 Å². The smallest absolute Gasteiger partial charge is 0.220 e. The van der Waals surface area contributed by atoms with Crippen molar-refractivity contribution in [2.24, 2.45) is 7.05 Å². The van der Waals surface area contributed by atoms with Gasteiger partial charge in [-0.05, 0) is 68.7 Å². The van der Waals surface area contributed by atoms with Crippen molar-refractivity contribution in [3.05, 3.63) is 57.9 Å². The van der Waals surface area contributed by atoms with Crippen LogP contribution >= 0.6 is 0 Å². The van der Waals surface area contributed by atoms with Gasteiger partial charge in [0.05, 0.1) is 11.7 Å². The SMILES string of the molecule is Cc1nc2c(c(C)nn2C)c(C)c1CCC(=O)N[C@H]1CCCc2ccccc21. The summed E-state index contributed by atoms with van der Waals surface area (Å²) in [6.07, 6.45) is 4.43. The van der Waals surface area contributed by atoms with E-state index in [9.17, 15) is 4.79 Å². The molecule has 1 aliphatic rings. The quantitative estimate of drug-likeness (QED) is 0.748. The third kappa shape index (κ3) is 3.30. The summed E-state index contributed by atoms with van der Waals surface area (Å²) in [4.78, 5) is 17.5. The number of aromatic nitrogens is 3. The summed E-state index contributed by atoms with van der Waals surface area (Å²) in [5.74, 6) is 0.114. The predicted molar refractivity (Wildman–Crippen MR) is 111 cm³/mol. The van der Waals surface area contributed by atoms with Crippen molar-refractivity contribution in [2.45, 2.75) is 58.9 Å². The van der Waals surface area contributed by atoms with Gasteiger partial charge in [0.1, 0.15) is 0 Å². The number of carbonyl (C=O) groups is 1. The Bertz CT molecular complexity index is 1050. The van der Waals surface area contributed by atoms with Crippen LogP contribution in [-0.4, -0.2) is 20.7 Å². The Balaban J connectivity index is 1.49. The number of amides is 1. The normalized spacial score (nSPS) is 16.2. The van der Waals surface area contributed by atoms with Crippen molar-refractivity contribution >= 4 is 16.9 Å². The van der Waals surface area contributed by atoms with Crippen molar-refractivity contribution in [3.63, 3.8) is 0 Å². The van der Waals surface area contributed by atoms with Crippen molar-refractivity contribution < 1.29 is 4.79 Å². The number of hydrogen-bond acceptors (Lipinski definition) is 3. The summed E-state index contributed by atoms with van der Waals surface area (Å²) in [7, 11) is 1.93. The molecular formula is C23H28N4O. The Morgan fingerprint density at radius 1 is 1.21 bits per heavy atom. The largest absolute Gasteiger partial charge is 0.349 e. The van der Waals surface area contributed by atoms with Crippen LogP contribution in [0.4, 0.5) is 0 Å². The molecule has 0 fully saturated rings. The summed E-state index contributed by atoms with van der Waals surface area (Å²) < 4.78 is 1.83. The molecule has 1 amide bonds. The molecule has 4 rings (SSSR count). The third-order valence-electron chi connectivity index (χ3n) is 6.04. The Labute approximate surface area is 166 Å². The maximum absolute atomic E-state index is 12.7. The first-order valence-corrected chi connectivity index (χ1v) is 10.1. The molecule has 3 aromatic rings. The van der Waals surface area contributed by atoms with Crippen molar-refractivity contribution in [1.82, 2.24) is 20.1 Å². The molecule has 0 bridgehead atoms. The molecule has 146 valence electrons. The van der Waals surface area contributed by atoms with E-state index in [1.165, 1.54) is 22.3 Å². The molecule has 0 saturated heterocycles. The van der Waals surface area contributed by atoms with E-state index in [-0.39, 0.29) is 11.9 Å². The lowest BCUT2D eigenvalue weighted by Crippen LogP contribution is -2.31. The van der Waals surface area contributed by atoms with Gasteiger partial charge in [0.2, 0.25) is 5.91 Å². The lowest BCUT2D eigenvalue weighted by atomic mass is 9.87. The van der Waals surface area contributed by atoms with Crippen LogP contribution in [0.2, 0.25) is 0 Å². The lowest BCUT2D eigenvalue weighted by Gasteiger charge is -2.26. The van der Waals surface area contributed by atoms with Crippen LogP contribution in [0.3, 0.4) is 0 Å². The van der Waals surface area contributed by atoms with Gasteiger partial charge in [0.25, 0.3) is 0 Å². The second-order valence-electron chi connectivity index (χ2n) is 7.92. The molecule has 0 radical (unpaired) electrons. The number of rotatable bonds is 4. The fourth-order valence-electron chi connectivity index (χ4n) is 4.64. The van der Waals surface area contributed by atoms with Gasteiger partial charge < -0.3 is 5.32 Å². The third-order valence-corrected chi connectivity index (χ3v) is 6.04. The summed E-state index contributed by atoms with van der Waals surface area (Å²) in [6, 6.07) is 8.61. The number of nitrogens with zero attached hydrogens (tertiary/aromatic N) is 3. The van der Waals surface area contributed by atoms with E-state index in [1.54, 1.807) is 0 Å². The highest BCUT2D eigenvalue weighted by atomic mass is 16.1. The maximum Gasteiger partial charge on any atom is 0.220 e. The van der Waals surface area contributed by atoms with E-state index in [4.69, 9.17) is 4.98 Å². The lowest BCUT2D eigenvalue weighted by molar-refractivity contribution is -0.121. The van der Waals surface area contributed by atoms with Gasteiger partial charge in [-0.15, -0.1) is 0 Å². The number of aryl methyl sites for hydroxylation is 5. The molecular weight excluding hydrogens is 348 g/mol. The molecule has 0 aliphatic heterocycles. The highest BCUT2D eigenvalue weighted by Gasteiger charge is 2.22. The van der Waals surface area contributed by atoms with Crippen molar-refractivity contribution in [3.8, 4) is 0 Å². The Morgan fingerprint density at radius 2 is 2.00 bits per heavy atom. The summed E-state index contributed by atoms with van der Waals surface area (Å²) >= 11 is 0. The Hall–Kier alpha value is -2.69. The van der Waals surface area contributed by atoms with Crippen molar-refractivity contribution in [1.29, 1.82) is 0 Å². The first-order chi connectivity index (χ1) is 13.5. The predicted octanol–water partition coefficient (Wildman–Crippen LogP) is 4.02. The van der Waals surface area contributed by atoms with Gasteiger partial charge >= 0.3 is 0 Å². The topological polar surface area (TPSA) is 59.8 Å². The maximum atomic E-state index is 12.7. The molecule has 0 spiro atoms. The van der Waals surface area contributed by atoms with Crippen LogP contribution in [0.1, 0.15) is 58.9 Å². The molecule has 1 aromatic carbocycles. The molecule has 0 saturated carbocycles. The van der Waals surface area contributed by atoms with Gasteiger partial charge in [-0.3, -0.25) is 9.48 Å². The Kier molecular flexibility index (Phi) is 4.92. The van der Waals surface area contributed by atoms with E-state index in [0.29, 0.717) is 12.8 Å². The minimum atomic E-state index is 0.114. The number of nitrogens with one attached hydrogen (secondary N) is 1. The molecule has 2 heterocycles. The molecule has 1 atom stereocenters. The van der Waals surface area contributed by atoms with Crippen LogP contribution in [0, 0.1) is 20.8 Å². The molecule has 1 N–H and O–H groups in total. The molecule has 0 unspecified atom stereocenters. The van der Waals surface area contributed by atoms with Crippen molar-refractivity contribution in [2.75, 3.05) is 0 Å². The molecule has 5 nitrogen and oxygen atoms in total. The van der Waals surface area contributed by atoms with Gasteiger partial charge in [-0.25, -0.2) is 4.98 Å². The van der Waals surface area contributed by atoms with Crippen LogP contribution in [0.5, 0.6) is 0 Å². The van der Waals surface area contributed by atoms with Crippen LogP contribution in [0.15, 0.2) is 24.3 Å². The molecule has 28 heavy (non-hydrogen) atoms. The van der Waals surface area contributed by atoms with Gasteiger partial charge in [-0.1, -0.05) is 24.3 Å². The monoisotopic (exact) mass is 376 g/mol. The minimum Gasteiger partial charge on any atom is -0.349 e. The number of pyridine rings is 1. The second kappa shape index (κ2) is 7.38. The number of carbonyl (C=O) groups excluding carboxylic acids is 1. The van der Waals surface area contributed by atoms with Gasteiger partial charge in [-0.2, -0.15) is 5.10 Å². The zero-order valence-corrected chi connectivity index (χ0v) is 17.2. The van der Waals surface area contributed by atoms with Crippen LogP contribution in [-0.2, 0) is 24.7 Å². The number of fused-ring (bicyclic) bond motifs is 2. The summed E-state index contributed by atoms with van der Waals surface area (Å²) in [5, 5.41) is 8.88. The minimum absolute atomic E-state index is 0.114. The first kappa shape index (κ1) is 18.7. The van der Waals surface area contributed by atoms with Crippen LogP contribution < -0.4 is 5.32 Å². The van der Waals surface area contributed by atoms with E-state index >= 15 is 0 Å². The average Bonchev–Trinajstić information content (AvgIpc) is 2.95. The van der Waals surface area contributed by atoms with Gasteiger partial charge in [0.15, 0.2) is 5.65 Å². The average molecular weight is 377 g/mol. The standard InChI is InChI=1S/C23H28N4O/c1-14-18(15(2)24-23-22(14)16(3)26-27(23)4)12-13-21(28)25-20-11-7-9-17-8-5-6-10-19(17)20/h5-6,8,10,20H,7,9,11-13H2,1-4H3,(H,25,28)/t20-/m0/s1. The van der Waals surface area contributed by atoms with E-state index in [0.717, 1.165) is 41.7 Å². The summed E-state index contributed by atoms with van der Waals surface area (Å²) in [6.45, 7) is 6.17. The number of hydrogen-bond donors (Lipinski definition) is 1. The first-order valence-electron chi connectivity index (χ1n) is 10.1. The molecule has 5 heteroatoms. The highest BCUT2D eigenvalue weighted by molar-refractivity contribution is 5.84. The fourth-order valence-corrected chi connectivity index (χ4v) is 4.64. The zero-order chi connectivity index (χ0) is 19.8. The van der Waals surface area contributed by atoms with Gasteiger partial charge in [0, 0.05) is 24.5 Å². The molecule has 2 aromatic heterocycles. The van der Waals surface area contributed by atoms with E-state index < -0.39 is 0 Å². The zero-order valence-electron chi connectivity index (χ0n) is 17.2. The Morgan fingerprint density at radius 3 is 2.82 bits per heavy atom.